The van der Waals surface area contributed by atoms with Gasteiger partial charge in [0.1, 0.15) is 0 Å². The molecule has 1 N–H and O–H groups in total. The van der Waals surface area contributed by atoms with Gasteiger partial charge in [0.2, 0.25) is 0 Å². The van der Waals surface area contributed by atoms with Crippen molar-refractivity contribution < 1.29 is 0 Å². The maximum Gasteiger partial charge on any atom is 0.0935 e. The largest absolute Gasteiger partial charge is 0.275 e. The van der Waals surface area contributed by atoms with E-state index in [-0.39, 0.29) is 0 Å². The van der Waals surface area contributed by atoms with Crippen LogP contribution < -0.4 is 5.43 Å². The van der Waals surface area contributed by atoms with Gasteiger partial charge < -0.3 is 0 Å². The molecule has 20 heavy (non-hydrogen) atoms. The van der Waals surface area contributed by atoms with Crippen molar-refractivity contribution >= 4 is 52.8 Å². The van der Waals surface area contributed by atoms with Crippen LogP contribution in [0.5, 0.6) is 0 Å². The molecule has 2 nitrogen and oxygen atoms in total. The van der Waals surface area contributed by atoms with E-state index in [1.54, 1.807) is 18.3 Å². The first-order chi connectivity index (χ1) is 9.66. The van der Waals surface area contributed by atoms with E-state index in [9.17, 15) is 0 Å². The lowest BCUT2D eigenvalue weighted by Gasteiger charge is -2.05. The van der Waals surface area contributed by atoms with Gasteiger partial charge in [-0.1, -0.05) is 71.2 Å². The maximum absolute atomic E-state index is 6.02. The van der Waals surface area contributed by atoms with E-state index in [2.05, 4.69) is 10.5 Å². The second-order valence-corrected chi connectivity index (χ2v) is 5.16. The highest BCUT2D eigenvalue weighted by atomic mass is 35.5. The smallest absolute Gasteiger partial charge is 0.0935 e. The Hall–Kier alpha value is -1.48. The summed E-state index contributed by atoms with van der Waals surface area (Å²) in [7, 11) is 0. The number of benzene rings is 2. The highest BCUT2D eigenvalue weighted by molar-refractivity contribution is 6.41. The molecule has 0 heterocycles. The molecule has 0 spiro atoms. The first kappa shape index (κ1) is 14.9. The summed E-state index contributed by atoms with van der Waals surface area (Å²) in [4.78, 5) is 0. The van der Waals surface area contributed by atoms with E-state index in [0.717, 1.165) is 5.56 Å². The number of hydrazone groups is 1. The molecule has 0 bridgehead atoms. The van der Waals surface area contributed by atoms with Crippen LogP contribution in [0, 0.1) is 0 Å². The van der Waals surface area contributed by atoms with Gasteiger partial charge >= 0.3 is 0 Å². The Morgan fingerprint density at radius 2 is 1.60 bits per heavy atom. The molecule has 0 aliphatic carbocycles. The Bertz CT molecular complexity index is 614. The van der Waals surface area contributed by atoms with Gasteiger partial charge in [0.15, 0.2) is 0 Å². The summed E-state index contributed by atoms with van der Waals surface area (Å²) in [5.41, 5.74) is 4.42. The number of anilines is 1. The third-order valence-electron chi connectivity index (χ3n) is 2.43. The molecule has 0 radical (unpaired) electrons. The molecular formula is C15H11Cl3N2. The van der Waals surface area contributed by atoms with Crippen molar-refractivity contribution in [3.8, 4) is 0 Å². The highest BCUT2D eigenvalue weighted by Crippen LogP contribution is 2.33. The maximum atomic E-state index is 6.02. The second-order valence-electron chi connectivity index (χ2n) is 3.90. The van der Waals surface area contributed by atoms with E-state index in [0.29, 0.717) is 20.8 Å². The average molecular weight is 326 g/mol. The molecule has 0 aromatic heterocycles. The van der Waals surface area contributed by atoms with Crippen LogP contribution in [-0.2, 0) is 0 Å². The number of nitrogens with one attached hydrogen (secondary N) is 1. The summed E-state index contributed by atoms with van der Waals surface area (Å²) in [6.07, 6.45) is 5.38. The number of allylic oxidation sites excluding steroid dienone is 1. The van der Waals surface area contributed by atoms with E-state index >= 15 is 0 Å². The zero-order valence-electron chi connectivity index (χ0n) is 10.4. The summed E-state index contributed by atoms with van der Waals surface area (Å²) < 4.78 is 0. The van der Waals surface area contributed by atoms with Crippen molar-refractivity contribution in [1.82, 2.24) is 0 Å². The molecule has 5 heteroatoms. The molecule has 0 aliphatic rings. The summed E-state index contributed by atoms with van der Waals surface area (Å²) in [5.74, 6) is 0. The van der Waals surface area contributed by atoms with Crippen molar-refractivity contribution in [3.05, 3.63) is 69.2 Å². The van der Waals surface area contributed by atoms with E-state index in [4.69, 9.17) is 34.8 Å². The van der Waals surface area contributed by atoms with Gasteiger partial charge in [0.05, 0.1) is 15.7 Å². The van der Waals surface area contributed by atoms with E-state index < -0.39 is 0 Å². The predicted octanol–water partition coefficient (Wildman–Crippen LogP) is 5.76. The van der Waals surface area contributed by atoms with Gasteiger partial charge in [-0.3, -0.25) is 5.43 Å². The van der Waals surface area contributed by atoms with Crippen LogP contribution in [0.3, 0.4) is 0 Å². The monoisotopic (exact) mass is 324 g/mol. The predicted molar refractivity (Wildman–Crippen MR) is 89.1 cm³/mol. The van der Waals surface area contributed by atoms with Crippen molar-refractivity contribution in [2.24, 2.45) is 5.10 Å². The van der Waals surface area contributed by atoms with Gasteiger partial charge in [-0.25, -0.2) is 0 Å². The van der Waals surface area contributed by atoms with Crippen LogP contribution >= 0.6 is 34.8 Å². The number of hydrogen-bond donors (Lipinski definition) is 1. The average Bonchev–Trinajstić information content (AvgIpc) is 2.42. The van der Waals surface area contributed by atoms with Crippen LogP contribution in [0.1, 0.15) is 5.56 Å². The summed E-state index contributed by atoms with van der Waals surface area (Å²) in [5, 5.41) is 5.36. The minimum Gasteiger partial charge on any atom is -0.275 e. The summed E-state index contributed by atoms with van der Waals surface area (Å²) in [6.45, 7) is 0. The summed E-state index contributed by atoms with van der Waals surface area (Å²) in [6, 6.07) is 13.1. The molecule has 0 amide bonds. The molecule has 102 valence electrons. The molecule has 2 aromatic rings. The standard InChI is InChI=1S/C15H11Cl3N2/c16-12-9-13(17)15(14(18)10-12)20-19-8-4-7-11-5-2-1-3-6-11/h1-10,20H. The lowest BCUT2D eigenvalue weighted by molar-refractivity contribution is 1.36. The van der Waals surface area contributed by atoms with Gasteiger partial charge in [-0.2, -0.15) is 5.10 Å². The van der Waals surface area contributed by atoms with Crippen molar-refractivity contribution in [2.75, 3.05) is 5.43 Å². The molecule has 0 unspecified atom stereocenters. The van der Waals surface area contributed by atoms with Gasteiger partial charge in [0, 0.05) is 11.2 Å². The van der Waals surface area contributed by atoms with Crippen LogP contribution in [0.2, 0.25) is 15.1 Å². The second kappa shape index (κ2) is 7.34. The minimum atomic E-state index is 0.423. The normalized spacial score (nSPS) is 11.3. The summed E-state index contributed by atoms with van der Waals surface area (Å²) >= 11 is 17.9. The van der Waals surface area contributed by atoms with Crippen LogP contribution in [0.25, 0.3) is 6.08 Å². The van der Waals surface area contributed by atoms with Gasteiger partial charge in [-0.15, -0.1) is 0 Å². The lowest BCUT2D eigenvalue weighted by Crippen LogP contribution is -1.91. The Balaban J connectivity index is 1.99. The topological polar surface area (TPSA) is 24.4 Å². The highest BCUT2D eigenvalue weighted by Gasteiger charge is 2.06. The number of halogens is 3. The molecule has 0 saturated carbocycles. The third-order valence-corrected chi connectivity index (χ3v) is 3.25. The fourth-order valence-corrected chi connectivity index (χ4v) is 2.41. The first-order valence-electron chi connectivity index (χ1n) is 5.82. The zero-order valence-corrected chi connectivity index (χ0v) is 12.6. The molecular weight excluding hydrogens is 315 g/mol. The SMILES string of the molecule is Clc1cc(Cl)c(NN=CC=Cc2ccccc2)c(Cl)c1. The van der Waals surface area contributed by atoms with Crippen molar-refractivity contribution in [3.63, 3.8) is 0 Å². The van der Waals surface area contributed by atoms with Gasteiger partial charge in [-0.05, 0) is 23.8 Å². The third kappa shape index (κ3) is 4.27. The molecule has 0 aliphatic heterocycles. The number of nitrogens with zero attached hydrogens (tertiary/aromatic N) is 1. The minimum absolute atomic E-state index is 0.423. The number of rotatable bonds is 4. The van der Waals surface area contributed by atoms with E-state index in [1.165, 1.54) is 0 Å². The Kier molecular flexibility index (Phi) is 5.48. The molecule has 0 saturated heterocycles. The first-order valence-corrected chi connectivity index (χ1v) is 6.95. The fourth-order valence-electron chi connectivity index (χ4n) is 1.51. The molecule has 2 rings (SSSR count). The zero-order chi connectivity index (χ0) is 14.4. The van der Waals surface area contributed by atoms with Gasteiger partial charge in [0.25, 0.3) is 0 Å². The van der Waals surface area contributed by atoms with Crippen LogP contribution in [0.4, 0.5) is 5.69 Å². The Morgan fingerprint density at radius 3 is 2.25 bits per heavy atom. The Morgan fingerprint density at radius 1 is 0.950 bits per heavy atom. The molecule has 0 atom stereocenters. The Labute approximate surface area is 132 Å². The van der Waals surface area contributed by atoms with E-state index in [1.807, 2.05) is 42.5 Å². The van der Waals surface area contributed by atoms with Crippen LogP contribution in [0.15, 0.2) is 53.6 Å². The molecule has 2 aromatic carbocycles. The quantitative estimate of drug-likeness (QED) is 0.561. The lowest BCUT2D eigenvalue weighted by atomic mass is 10.2. The fraction of sp³-hybridized carbons (Fsp3) is 0. The van der Waals surface area contributed by atoms with Crippen molar-refractivity contribution in [2.45, 2.75) is 0 Å². The number of hydrogen-bond acceptors (Lipinski definition) is 2. The van der Waals surface area contributed by atoms with Crippen LogP contribution in [-0.4, -0.2) is 6.21 Å². The van der Waals surface area contributed by atoms with Crippen molar-refractivity contribution in [1.29, 1.82) is 0 Å². The molecule has 0 fully saturated rings.